The fraction of sp³-hybridized carbons (Fsp3) is 0.0769. The van der Waals surface area contributed by atoms with E-state index in [0.717, 1.165) is 12.1 Å². The van der Waals surface area contributed by atoms with E-state index in [-0.39, 0.29) is 5.56 Å². The molecule has 0 radical (unpaired) electrons. The van der Waals surface area contributed by atoms with Crippen molar-refractivity contribution in [2.45, 2.75) is 6.04 Å². The Hall–Kier alpha value is -1.52. The summed E-state index contributed by atoms with van der Waals surface area (Å²) < 4.78 is 39.5. The maximum Gasteiger partial charge on any atom is 0.194 e. The van der Waals surface area contributed by atoms with Crippen molar-refractivity contribution in [3.8, 4) is 0 Å². The van der Waals surface area contributed by atoms with Gasteiger partial charge in [-0.3, -0.25) is 0 Å². The molecular weight excluding hydrogens is 263 g/mol. The first-order chi connectivity index (χ1) is 8.50. The molecule has 0 bridgehead atoms. The summed E-state index contributed by atoms with van der Waals surface area (Å²) in [4.78, 5) is 0. The van der Waals surface area contributed by atoms with Crippen LogP contribution in [0, 0.1) is 17.5 Å². The van der Waals surface area contributed by atoms with E-state index in [4.69, 9.17) is 17.3 Å². The van der Waals surface area contributed by atoms with E-state index in [1.165, 1.54) is 0 Å². The van der Waals surface area contributed by atoms with E-state index in [1.54, 1.807) is 24.3 Å². The van der Waals surface area contributed by atoms with Gasteiger partial charge in [0.1, 0.15) is 0 Å². The maximum atomic E-state index is 13.6. The summed E-state index contributed by atoms with van der Waals surface area (Å²) >= 11 is 5.72. The van der Waals surface area contributed by atoms with Gasteiger partial charge in [-0.25, -0.2) is 13.2 Å². The molecule has 0 fully saturated rings. The van der Waals surface area contributed by atoms with Crippen molar-refractivity contribution in [2.75, 3.05) is 0 Å². The molecule has 5 heteroatoms. The van der Waals surface area contributed by atoms with Crippen molar-refractivity contribution in [1.82, 2.24) is 0 Å². The molecule has 2 rings (SSSR count). The molecule has 0 spiro atoms. The van der Waals surface area contributed by atoms with Gasteiger partial charge in [0.05, 0.1) is 6.04 Å². The number of benzene rings is 2. The molecule has 0 aliphatic rings. The minimum Gasteiger partial charge on any atom is -0.320 e. The van der Waals surface area contributed by atoms with E-state index in [9.17, 15) is 13.2 Å². The maximum absolute atomic E-state index is 13.6. The molecule has 0 aromatic heterocycles. The predicted molar refractivity (Wildman–Crippen MR) is 63.8 cm³/mol. The lowest BCUT2D eigenvalue weighted by Crippen LogP contribution is -2.14. The Kier molecular flexibility index (Phi) is 3.59. The minimum absolute atomic E-state index is 0.101. The fourth-order valence-electron chi connectivity index (χ4n) is 1.63. The Balaban J connectivity index is 2.43. The molecule has 0 heterocycles. The zero-order valence-electron chi connectivity index (χ0n) is 9.13. The summed E-state index contributed by atoms with van der Waals surface area (Å²) in [5.74, 6) is -4.02. The van der Waals surface area contributed by atoms with E-state index >= 15 is 0 Å². The van der Waals surface area contributed by atoms with Crippen molar-refractivity contribution in [3.05, 3.63) is 70.0 Å². The van der Waals surface area contributed by atoms with Crippen molar-refractivity contribution in [2.24, 2.45) is 5.73 Å². The molecule has 0 saturated carbocycles. The summed E-state index contributed by atoms with van der Waals surface area (Å²) in [6, 6.07) is 7.50. The molecule has 0 amide bonds. The standard InChI is InChI=1S/C13H9ClF3N/c14-8-3-1-7(2-4-8)13(18)9-5-6-10(15)12(17)11(9)16/h1-6,13H,18H2. The third-order valence-corrected chi connectivity index (χ3v) is 2.88. The molecule has 2 aromatic carbocycles. The first kappa shape index (κ1) is 12.9. The fourth-order valence-corrected chi connectivity index (χ4v) is 1.76. The van der Waals surface area contributed by atoms with Crippen LogP contribution in [0.3, 0.4) is 0 Å². The summed E-state index contributed by atoms with van der Waals surface area (Å²) in [6.07, 6.45) is 0. The molecule has 0 saturated heterocycles. The number of hydrogen-bond donors (Lipinski definition) is 1. The first-order valence-electron chi connectivity index (χ1n) is 5.15. The van der Waals surface area contributed by atoms with Crippen LogP contribution >= 0.6 is 11.6 Å². The molecule has 1 nitrogen and oxygen atoms in total. The summed E-state index contributed by atoms with van der Waals surface area (Å²) in [5.41, 5.74) is 6.27. The smallest absolute Gasteiger partial charge is 0.194 e. The highest BCUT2D eigenvalue weighted by Gasteiger charge is 2.19. The Morgan fingerprint density at radius 1 is 0.889 bits per heavy atom. The normalized spacial score (nSPS) is 12.5. The molecule has 18 heavy (non-hydrogen) atoms. The van der Waals surface area contributed by atoms with Crippen molar-refractivity contribution in [1.29, 1.82) is 0 Å². The molecule has 94 valence electrons. The summed E-state index contributed by atoms with van der Waals surface area (Å²) in [7, 11) is 0. The van der Waals surface area contributed by atoms with Crippen LogP contribution in [-0.4, -0.2) is 0 Å². The van der Waals surface area contributed by atoms with Crippen molar-refractivity contribution >= 4 is 11.6 Å². The van der Waals surface area contributed by atoms with Crippen LogP contribution in [0.1, 0.15) is 17.2 Å². The average Bonchev–Trinajstić information content (AvgIpc) is 2.36. The highest BCUT2D eigenvalue weighted by atomic mass is 35.5. The molecule has 1 atom stereocenters. The van der Waals surface area contributed by atoms with Crippen LogP contribution in [-0.2, 0) is 0 Å². The Morgan fingerprint density at radius 3 is 2.11 bits per heavy atom. The highest BCUT2D eigenvalue weighted by Crippen LogP contribution is 2.25. The van der Waals surface area contributed by atoms with Gasteiger partial charge >= 0.3 is 0 Å². The minimum atomic E-state index is -1.52. The lowest BCUT2D eigenvalue weighted by molar-refractivity contribution is 0.438. The quantitative estimate of drug-likeness (QED) is 0.826. The lowest BCUT2D eigenvalue weighted by atomic mass is 9.99. The second-order valence-electron chi connectivity index (χ2n) is 3.79. The zero-order chi connectivity index (χ0) is 13.3. The van der Waals surface area contributed by atoms with Gasteiger partial charge in [0.15, 0.2) is 17.5 Å². The van der Waals surface area contributed by atoms with Crippen LogP contribution in [0.2, 0.25) is 5.02 Å². The third kappa shape index (κ3) is 2.35. The van der Waals surface area contributed by atoms with Gasteiger partial charge < -0.3 is 5.73 Å². The van der Waals surface area contributed by atoms with Crippen LogP contribution in [0.5, 0.6) is 0 Å². The monoisotopic (exact) mass is 271 g/mol. The summed E-state index contributed by atoms with van der Waals surface area (Å²) in [6.45, 7) is 0. The van der Waals surface area contributed by atoms with E-state index in [1.807, 2.05) is 0 Å². The predicted octanol–water partition coefficient (Wildman–Crippen LogP) is 3.81. The third-order valence-electron chi connectivity index (χ3n) is 2.63. The Bertz CT molecular complexity index is 569. The van der Waals surface area contributed by atoms with E-state index in [0.29, 0.717) is 10.6 Å². The van der Waals surface area contributed by atoms with Gasteiger partial charge in [0.25, 0.3) is 0 Å². The number of halogens is 4. The number of hydrogen-bond acceptors (Lipinski definition) is 1. The van der Waals surface area contributed by atoms with Crippen LogP contribution in [0.4, 0.5) is 13.2 Å². The molecule has 2 aromatic rings. The Labute approximate surface area is 107 Å². The largest absolute Gasteiger partial charge is 0.320 e. The van der Waals surface area contributed by atoms with Crippen LogP contribution < -0.4 is 5.73 Å². The van der Waals surface area contributed by atoms with Gasteiger partial charge in [0.2, 0.25) is 0 Å². The lowest BCUT2D eigenvalue weighted by Gasteiger charge is -2.14. The number of nitrogens with two attached hydrogens (primary N) is 1. The van der Waals surface area contributed by atoms with Gasteiger partial charge in [-0.2, -0.15) is 0 Å². The van der Waals surface area contributed by atoms with Gasteiger partial charge in [0, 0.05) is 10.6 Å². The summed E-state index contributed by atoms with van der Waals surface area (Å²) in [5, 5.41) is 0.511. The number of rotatable bonds is 2. The highest BCUT2D eigenvalue weighted by molar-refractivity contribution is 6.30. The molecule has 2 N–H and O–H groups in total. The van der Waals surface area contributed by atoms with Gasteiger partial charge in [-0.1, -0.05) is 29.8 Å². The van der Waals surface area contributed by atoms with Crippen LogP contribution in [0.15, 0.2) is 36.4 Å². The van der Waals surface area contributed by atoms with E-state index in [2.05, 4.69) is 0 Å². The van der Waals surface area contributed by atoms with Crippen molar-refractivity contribution < 1.29 is 13.2 Å². The second-order valence-corrected chi connectivity index (χ2v) is 4.23. The molecule has 0 aliphatic heterocycles. The Morgan fingerprint density at radius 2 is 1.50 bits per heavy atom. The van der Waals surface area contributed by atoms with E-state index < -0.39 is 23.5 Å². The van der Waals surface area contributed by atoms with Gasteiger partial charge in [-0.15, -0.1) is 0 Å². The van der Waals surface area contributed by atoms with Crippen molar-refractivity contribution in [3.63, 3.8) is 0 Å². The van der Waals surface area contributed by atoms with Gasteiger partial charge in [-0.05, 0) is 23.8 Å². The average molecular weight is 272 g/mol. The zero-order valence-corrected chi connectivity index (χ0v) is 9.89. The molecule has 1 unspecified atom stereocenters. The topological polar surface area (TPSA) is 26.0 Å². The SMILES string of the molecule is NC(c1ccc(Cl)cc1)c1ccc(F)c(F)c1F. The molecule has 0 aliphatic carbocycles. The second kappa shape index (κ2) is 5.00. The van der Waals surface area contributed by atoms with Crippen LogP contribution in [0.25, 0.3) is 0 Å². The molecular formula is C13H9ClF3N. The first-order valence-corrected chi connectivity index (χ1v) is 5.53.